The van der Waals surface area contributed by atoms with E-state index in [1.54, 1.807) is 30.3 Å². The smallest absolute Gasteiger partial charge is 0.262 e. The van der Waals surface area contributed by atoms with E-state index < -0.39 is 17.9 Å². The molecule has 32 heavy (non-hydrogen) atoms. The second-order valence-electron chi connectivity index (χ2n) is 6.97. The number of carbonyl (C=O) groups is 2. The predicted molar refractivity (Wildman–Crippen MR) is 128 cm³/mol. The summed E-state index contributed by atoms with van der Waals surface area (Å²) in [6, 6.07) is 9.13. The van der Waals surface area contributed by atoms with Crippen LogP contribution in [0.25, 0.3) is 0 Å². The Morgan fingerprint density at radius 1 is 1.31 bits per heavy atom. The Kier molecular flexibility index (Phi) is 9.57. The highest BCUT2D eigenvalue weighted by molar-refractivity contribution is 9.10. The number of benzene rings is 2. The predicted octanol–water partition coefficient (Wildman–Crippen LogP) is 4.03. The summed E-state index contributed by atoms with van der Waals surface area (Å²) in [4.78, 5) is 25.1. The molecule has 2 aromatic rings. The fraction of sp³-hybridized carbons (Fsp3) is 0.261. The molecule has 0 saturated carbocycles. The summed E-state index contributed by atoms with van der Waals surface area (Å²) in [6.45, 7) is 3.74. The minimum atomic E-state index is -0.792. The van der Waals surface area contributed by atoms with Gasteiger partial charge in [-0.25, -0.2) is 5.43 Å². The molecule has 2 rings (SSSR count). The maximum Gasteiger partial charge on any atom is 0.262 e. The molecule has 0 aromatic heterocycles. The number of carbonyl (C=O) groups excluding carboxylic acids is 2. The third kappa shape index (κ3) is 7.01. The number of terminal acetylenes is 1. The lowest BCUT2D eigenvalue weighted by Gasteiger charge is -2.20. The molecule has 0 aliphatic carbocycles. The van der Waals surface area contributed by atoms with Gasteiger partial charge in [0.25, 0.3) is 11.8 Å². The normalized spacial score (nSPS) is 11.7. The van der Waals surface area contributed by atoms with Crippen LogP contribution in [0.3, 0.4) is 0 Å². The first-order chi connectivity index (χ1) is 15.3. The molecular formula is C23H23BrClN3O4. The Morgan fingerprint density at radius 2 is 2.06 bits per heavy atom. The zero-order valence-corrected chi connectivity index (χ0v) is 20.2. The van der Waals surface area contributed by atoms with Gasteiger partial charge in [0.15, 0.2) is 11.5 Å². The number of rotatable bonds is 9. The van der Waals surface area contributed by atoms with E-state index in [9.17, 15) is 9.59 Å². The average Bonchev–Trinajstić information content (AvgIpc) is 2.75. The number of hydrazone groups is 1. The van der Waals surface area contributed by atoms with Crippen LogP contribution in [0.5, 0.6) is 11.5 Å². The molecule has 1 unspecified atom stereocenters. The van der Waals surface area contributed by atoms with Crippen molar-refractivity contribution >= 4 is 45.6 Å². The molecule has 0 saturated heterocycles. The molecule has 2 N–H and O–H groups in total. The van der Waals surface area contributed by atoms with Crippen molar-refractivity contribution in [3.05, 3.63) is 57.0 Å². The standard InChI is InChI=1S/C23H23BrClN3O4/c1-5-9-32-21-18(24)10-15(11-19(21)31-4)13-26-28-23(30)20(14(2)3)27-22(29)16-7-6-8-17(25)12-16/h1,6-8,10-14,20H,9H2,2-4H3,(H,27,29)(H,28,30). The van der Waals surface area contributed by atoms with Crippen molar-refractivity contribution in [3.8, 4) is 23.8 Å². The molecule has 2 amide bonds. The summed E-state index contributed by atoms with van der Waals surface area (Å²) in [6.07, 6.45) is 6.68. The molecule has 7 nitrogen and oxygen atoms in total. The van der Waals surface area contributed by atoms with Crippen LogP contribution in [-0.4, -0.2) is 37.8 Å². The van der Waals surface area contributed by atoms with Gasteiger partial charge in [0, 0.05) is 10.6 Å². The highest BCUT2D eigenvalue weighted by Crippen LogP contribution is 2.36. The van der Waals surface area contributed by atoms with Crippen LogP contribution in [0.2, 0.25) is 5.02 Å². The van der Waals surface area contributed by atoms with Crippen molar-refractivity contribution in [2.45, 2.75) is 19.9 Å². The van der Waals surface area contributed by atoms with Crippen molar-refractivity contribution in [2.75, 3.05) is 13.7 Å². The first-order valence-corrected chi connectivity index (χ1v) is 10.8. The fourth-order valence-corrected chi connectivity index (χ4v) is 3.46. The second kappa shape index (κ2) is 12.1. The quantitative estimate of drug-likeness (QED) is 0.297. The Balaban J connectivity index is 2.09. The number of hydrogen-bond donors (Lipinski definition) is 2. The van der Waals surface area contributed by atoms with E-state index in [-0.39, 0.29) is 12.5 Å². The maximum atomic E-state index is 12.6. The van der Waals surface area contributed by atoms with Crippen LogP contribution in [0.1, 0.15) is 29.8 Å². The van der Waals surface area contributed by atoms with Crippen molar-refractivity contribution in [1.29, 1.82) is 0 Å². The largest absolute Gasteiger partial charge is 0.493 e. The van der Waals surface area contributed by atoms with Crippen LogP contribution >= 0.6 is 27.5 Å². The highest BCUT2D eigenvalue weighted by Gasteiger charge is 2.24. The van der Waals surface area contributed by atoms with E-state index in [1.807, 2.05) is 13.8 Å². The number of amides is 2. The molecular weight excluding hydrogens is 498 g/mol. The van der Waals surface area contributed by atoms with Crippen LogP contribution in [0.4, 0.5) is 0 Å². The van der Waals surface area contributed by atoms with Gasteiger partial charge in [0.2, 0.25) is 0 Å². The lowest BCUT2D eigenvalue weighted by atomic mass is 10.0. The van der Waals surface area contributed by atoms with Crippen molar-refractivity contribution in [2.24, 2.45) is 11.0 Å². The summed E-state index contributed by atoms with van der Waals surface area (Å²) in [5, 5.41) is 7.16. The zero-order valence-electron chi connectivity index (χ0n) is 17.8. The highest BCUT2D eigenvalue weighted by atomic mass is 79.9. The Bertz CT molecular complexity index is 1050. The number of nitrogens with one attached hydrogen (secondary N) is 2. The van der Waals surface area contributed by atoms with E-state index in [2.05, 4.69) is 37.7 Å². The monoisotopic (exact) mass is 519 g/mol. The van der Waals surface area contributed by atoms with E-state index >= 15 is 0 Å². The first kappa shape index (κ1) is 25.2. The summed E-state index contributed by atoms with van der Waals surface area (Å²) >= 11 is 9.34. The Morgan fingerprint density at radius 3 is 2.69 bits per heavy atom. The average molecular weight is 521 g/mol. The molecule has 2 aromatic carbocycles. The van der Waals surface area contributed by atoms with E-state index in [0.717, 1.165) is 0 Å². The van der Waals surface area contributed by atoms with Crippen LogP contribution in [0, 0.1) is 18.3 Å². The zero-order chi connectivity index (χ0) is 23.7. The molecule has 9 heteroatoms. The van der Waals surface area contributed by atoms with Crippen LogP contribution in [-0.2, 0) is 4.79 Å². The third-order valence-corrected chi connectivity index (χ3v) is 5.09. The third-order valence-electron chi connectivity index (χ3n) is 4.26. The summed E-state index contributed by atoms with van der Waals surface area (Å²) < 4.78 is 11.4. The van der Waals surface area contributed by atoms with Gasteiger partial charge >= 0.3 is 0 Å². The molecule has 0 radical (unpaired) electrons. The van der Waals surface area contributed by atoms with E-state index in [4.69, 9.17) is 27.5 Å². The topological polar surface area (TPSA) is 89.0 Å². The summed E-state index contributed by atoms with van der Waals surface area (Å²) in [5.41, 5.74) is 3.47. The Hall–Kier alpha value is -3.02. The molecule has 168 valence electrons. The van der Waals surface area contributed by atoms with Gasteiger partial charge in [-0.15, -0.1) is 6.42 Å². The van der Waals surface area contributed by atoms with Crippen molar-refractivity contribution in [3.63, 3.8) is 0 Å². The minimum Gasteiger partial charge on any atom is -0.493 e. The molecule has 0 bridgehead atoms. The number of hydrogen-bond acceptors (Lipinski definition) is 5. The summed E-state index contributed by atoms with van der Waals surface area (Å²) in [5.74, 6) is 2.29. The van der Waals surface area contributed by atoms with Crippen LogP contribution < -0.4 is 20.2 Å². The number of methoxy groups -OCH3 is 1. The minimum absolute atomic E-state index is 0.0932. The van der Waals surface area contributed by atoms with Gasteiger partial charge in [-0.05, 0) is 57.7 Å². The molecule has 0 heterocycles. The van der Waals surface area contributed by atoms with Gasteiger partial charge < -0.3 is 14.8 Å². The van der Waals surface area contributed by atoms with E-state index in [0.29, 0.717) is 32.1 Å². The van der Waals surface area contributed by atoms with E-state index in [1.165, 1.54) is 19.4 Å². The molecule has 0 spiro atoms. The van der Waals surface area contributed by atoms with Gasteiger partial charge in [-0.1, -0.05) is 37.4 Å². The lowest BCUT2D eigenvalue weighted by Crippen LogP contribution is -2.48. The Labute approximate surface area is 200 Å². The van der Waals surface area contributed by atoms with Gasteiger partial charge in [0.1, 0.15) is 12.6 Å². The number of ether oxygens (including phenoxy) is 2. The van der Waals surface area contributed by atoms with Gasteiger partial charge in [-0.3, -0.25) is 9.59 Å². The molecule has 0 aliphatic rings. The van der Waals surface area contributed by atoms with Crippen molar-refractivity contribution < 1.29 is 19.1 Å². The van der Waals surface area contributed by atoms with Crippen LogP contribution in [0.15, 0.2) is 46.0 Å². The van der Waals surface area contributed by atoms with Gasteiger partial charge in [-0.2, -0.15) is 5.10 Å². The molecule has 0 fully saturated rings. The second-order valence-corrected chi connectivity index (χ2v) is 8.26. The SMILES string of the molecule is C#CCOc1c(Br)cc(C=NNC(=O)C(NC(=O)c2cccc(Cl)c2)C(C)C)cc1OC. The summed E-state index contributed by atoms with van der Waals surface area (Å²) in [7, 11) is 1.50. The molecule has 1 atom stereocenters. The fourth-order valence-electron chi connectivity index (χ4n) is 2.70. The maximum absolute atomic E-state index is 12.6. The lowest BCUT2D eigenvalue weighted by molar-refractivity contribution is -0.123. The van der Waals surface area contributed by atoms with Gasteiger partial charge in [0.05, 0.1) is 17.8 Å². The number of halogens is 2. The van der Waals surface area contributed by atoms with Crippen molar-refractivity contribution in [1.82, 2.24) is 10.7 Å². The first-order valence-electron chi connectivity index (χ1n) is 9.60. The molecule has 0 aliphatic heterocycles. The number of nitrogens with zero attached hydrogens (tertiary/aromatic N) is 1.